The monoisotopic (exact) mass is 337 g/mol. The maximum Gasteiger partial charge on any atom is 0.129 e. The lowest BCUT2D eigenvalue weighted by atomic mass is 10.2. The number of aliphatic hydroxyl groups is 1. The summed E-state index contributed by atoms with van der Waals surface area (Å²) in [6.45, 7) is 2.80. The maximum atomic E-state index is 9.99. The van der Waals surface area contributed by atoms with E-state index < -0.39 is 6.10 Å². The van der Waals surface area contributed by atoms with Gasteiger partial charge < -0.3 is 19.9 Å². The van der Waals surface area contributed by atoms with Gasteiger partial charge in [0.05, 0.1) is 12.3 Å². The Morgan fingerprint density at radius 3 is 2.87 bits per heavy atom. The predicted molar refractivity (Wildman–Crippen MR) is 88.9 cm³/mol. The van der Waals surface area contributed by atoms with Gasteiger partial charge in [-0.25, -0.2) is 9.97 Å². The molecule has 0 spiro atoms. The minimum absolute atomic E-state index is 0.171. The number of nitrogens with one attached hydrogen (secondary N) is 1. The number of aryl methyl sites for hydroxylation is 1. The van der Waals surface area contributed by atoms with Gasteiger partial charge in [0.15, 0.2) is 0 Å². The Morgan fingerprint density at radius 1 is 1.30 bits per heavy atom. The minimum Gasteiger partial charge on any atom is -0.491 e. The van der Waals surface area contributed by atoms with Gasteiger partial charge in [0.2, 0.25) is 0 Å². The highest BCUT2D eigenvalue weighted by Crippen LogP contribution is 2.21. The van der Waals surface area contributed by atoms with Gasteiger partial charge in [0.1, 0.15) is 30.6 Å². The number of benzene rings is 1. The van der Waals surface area contributed by atoms with E-state index in [4.69, 9.17) is 21.1 Å². The number of aliphatic hydroxyl groups excluding tert-OH is 1. The van der Waals surface area contributed by atoms with Crippen LogP contribution >= 0.6 is 11.6 Å². The molecule has 0 fully saturated rings. The molecule has 124 valence electrons. The van der Waals surface area contributed by atoms with Crippen LogP contribution in [0, 0.1) is 6.92 Å². The molecular formula is C16H20ClN3O3. The normalized spacial score (nSPS) is 12.0. The Morgan fingerprint density at radius 2 is 2.13 bits per heavy atom. The summed E-state index contributed by atoms with van der Waals surface area (Å²) in [7, 11) is 1.61. The van der Waals surface area contributed by atoms with E-state index >= 15 is 0 Å². The van der Waals surface area contributed by atoms with Crippen molar-refractivity contribution < 1.29 is 14.6 Å². The number of hydrogen-bond acceptors (Lipinski definition) is 6. The van der Waals surface area contributed by atoms with Crippen LogP contribution in [-0.4, -0.2) is 41.4 Å². The predicted octanol–water partition coefficient (Wildman–Crippen LogP) is 2.44. The molecule has 2 aromatic rings. The van der Waals surface area contributed by atoms with Crippen molar-refractivity contribution in [3.05, 3.63) is 46.9 Å². The van der Waals surface area contributed by atoms with Crippen LogP contribution in [-0.2, 0) is 11.3 Å². The smallest absolute Gasteiger partial charge is 0.129 e. The van der Waals surface area contributed by atoms with Crippen molar-refractivity contribution >= 4 is 17.4 Å². The van der Waals surface area contributed by atoms with Crippen molar-refractivity contribution in [2.75, 3.05) is 25.6 Å². The highest BCUT2D eigenvalue weighted by molar-refractivity contribution is 6.31. The number of anilines is 1. The van der Waals surface area contributed by atoms with Crippen LogP contribution in [0.1, 0.15) is 11.3 Å². The van der Waals surface area contributed by atoms with Gasteiger partial charge in [0.25, 0.3) is 0 Å². The molecule has 0 radical (unpaired) electrons. The zero-order chi connectivity index (χ0) is 16.7. The molecule has 0 aliphatic heterocycles. The first-order chi connectivity index (χ1) is 11.1. The van der Waals surface area contributed by atoms with Gasteiger partial charge in [-0.1, -0.05) is 11.6 Å². The highest BCUT2D eigenvalue weighted by atomic mass is 35.5. The summed E-state index contributed by atoms with van der Waals surface area (Å²) < 4.78 is 10.6. The fourth-order valence-corrected chi connectivity index (χ4v) is 2.02. The summed E-state index contributed by atoms with van der Waals surface area (Å²) in [5, 5.41) is 13.7. The van der Waals surface area contributed by atoms with E-state index in [0.717, 1.165) is 11.3 Å². The SMILES string of the molecule is COCc1cc(NC[C@@H](O)COc2ccc(Cl)c(C)c2)ncn1. The van der Waals surface area contributed by atoms with Crippen LogP contribution < -0.4 is 10.1 Å². The standard InChI is InChI=1S/C16H20ClN3O3/c1-11-5-14(3-4-15(11)17)23-9-13(21)7-18-16-6-12(8-22-2)19-10-20-16/h3-6,10,13,21H,7-9H2,1-2H3,(H,18,19,20)/t13-/m1/s1. The fourth-order valence-electron chi connectivity index (χ4n) is 1.90. The molecule has 0 unspecified atom stereocenters. The Bertz CT molecular complexity index is 640. The first-order valence-electron chi connectivity index (χ1n) is 7.19. The number of nitrogens with zero attached hydrogens (tertiary/aromatic N) is 2. The summed E-state index contributed by atoms with van der Waals surface area (Å²) in [4.78, 5) is 8.16. The molecule has 6 nitrogen and oxygen atoms in total. The van der Waals surface area contributed by atoms with E-state index in [2.05, 4.69) is 15.3 Å². The second-order valence-corrected chi connectivity index (χ2v) is 5.49. The van der Waals surface area contributed by atoms with Crippen LogP contribution in [0.3, 0.4) is 0 Å². The topological polar surface area (TPSA) is 76.5 Å². The number of rotatable bonds is 8. The van der Waals surface area contributed by atoms with Crippen molar-refractivity contribution in [3.63, 3.8) is 0 Å². The third-order valence-corrected chi connectivity index (χ3v) is 3.53. The fraction of sp³-hybridized carbons (Fsp3) is 0.375. The van der Waals surface area contributed by atoms with Crippen molar-refractivity contribution in [1.82, 2.24) is 9.97 Å². The molecule has 1 aromatic carbocycles. The lowest BCUT2D eigenvalue weighted by Gasteiger charge is -2.14. The van der Waals surface area contributed by atoms with E-state index in [9.17, 15) is 5.11 Å². The van der Waals surface area contributed by atoms with Crippen LogP contribution in [0.5, 0.6) is 5.75 Å². The lowest BCUT2D eigenvalue weighted by molar-refractivity contribution is 0.117. The van der Waals surface area contributed by atoms with Gasteiger partial charge in [-0.15, -0.1) is 0 Å². The van der Waals surface area contributed by atoms with E-state index in [-0.39, 0.29) is 6.61 Å². The second kappa shape index (κ2) is 8.67. The van der Waals surface area contributed by atoms with Crippen LogP contribution in [0.25, 0.3) is 0 Å². The first kappa shape index (κ1) is 17.5. The van der Waals surface area contributed by atoms with Gasteiger partial charge in [0, 0.05) is 24.7 Å². The number of ether oxygens (including phenoxy) is 2. The molecule has 23 heavy (non-hydrogen) atoms. The van der Waals surface area contributed by atoms with Crippen molar-refractivity contribution in [2.24, 2.45) is 0 Å². The number of halogens is 1. The summed E-state index contributed by atoms with van der Waals surface area (Å²) in [5.74, 6) is 1.31. The second-order valence-electron chi connectivity index (χ2n) is 5.08. The van der Waals surface area contributed by atoms with Gasteiger partial charge in [-0.2, -0.15) is 0 Å². The quantitative estimate of drug-likeness (QED) is 0.770. The molecule has 7 heteroatoms. The molecule has 0 aliphatic carbocycles. The summed E-state index contributed by atoms with van der Waals surface area (Å²) in [6.07, 6.45) is 0.780. The van der Waals surface area contributed by atoms with Crippen molar-refractivity contribution in [1.29, 1.82) is 0 Å². The first-order valence-corrected chi connectivity index (χ1v) is 7.57. The van der Waals surface area contributed by atoms with Crippen LogP contribution in [0.2, 0.25) is 5.02 Å². The Hall–Kier alpha value is -1.89. The molecule has 1 heterocycles. The maximum absolute atomic E-state index is 9.99. The highest BCUT2D eigenvalue weighted by Gasteiger charge is 2.07. The molecule has 1 aromatic heterocycles. The minimum atomic E-state index is -0.674. The molecule has 2 rings (SSSR count). The van der Waals surface area contributed by atoms with Crippen molar-refractivity contribution in [2.45, 2.75) is 19.6 Å². The Labute approximate surface area is 140 Å². The average molecular weight is 338 g/mol. The van der Waals surface area contributed by atoms with E-state index in [0.29, 0.717) is 29.7 Å². The Kier molecular flexibility index (Phi) is 6.58. The zero-order valence-corrected chi connectivity index (χ0v) is 13.9. The van der Waals surface area contributed by atoms with E-state index in [1.54, 1.807) is 25.3 Å². The number of methoxy groups -OCH3 is 1. The van der Waals surface area contributed by atoms with Gasteiger partial charge in [-0.05, 0) is 30.7 Å². The van der Waals surface area contributed by atoms with Gasteiger partial charge >= 0.3 is 0 Å². The molecule has 0 saturated heterocycles. The molecule has 0 amide bonds. The van der Waals surface area contributed by atoms with Crippen LogP contribution in [0.15, 0.2) is 30.6 Å². The lowest BCUT2D eigenvalue weighted by Crippen LogP contribution is -2.26. The molecule has 2 N–H and O–H groups in total. The largest absolute Gasteiger partial charge is 0.491 e. The average Bonchev–Trinajstić information content (AvgIpc) is 2.55. The zero-order valence-electron chi connectivity index (χ0n) is 13.1. The van der Waals surface area contributed by atoms with E-state index in [1.165, 1.54) is 6.33 Å². The summed E-state index contributed by atoms with van der Waals surface area (Å²) >= 11 is 5.96. The molecule has 0 bridgehead atoms. The molecular weight excluding hydrogens is 318 g/mol. The molecule has 0 aliphatic rings. The number of hydrogen-bond donors (Lipinski definition) is 2. The third-order valence-electron chi connectivity index (χ3n) is 3.11. The van der Waals surface area contributed by atoms with Crippen LogP contribution in [0.4, 0.5) is 5.82 Å². The summed E-state index contributed by atoms with van der Waals surface area (Å²) in [5.41, 5.74) is 1.70. The Balaban J connectivity index is 1.79. The number of aromatic nitrogens is 2. The van der Waals surface area contributed by atoms with Gasteiger partial charge in [-0.3, -0.25) is 0 Å². The summed E-state index contributed by atoms with van der Waals surface area (Å²) in [6, 6.07) is 7.16. The van der Waals surface area contributed by atoms with E-state index in [1.807, 2.05) is 13.0 Å². The van der Waals surface area contributed by atoms with Crippen molar-refractivity contribution in [3.8, 4) is 5.75 Å². The molecule has 0 saturated carbocycles. The molecule has 1 atom stereocenters. The third kappa shape index (κ3) is 5.67.